The zero-order chi connectivity index (χ0) is 26.0. The van der Waals surface area contributed by atoms with Gasteiger partial charge in [0.25, 0.3) is 0 Å². The van der Waals surface area contributed by atoms with Crippen LogP contribution >= 0.6 is 7.82 Å². The van der Waals surface area contributed by atoms with Crippen molar-refractivity contribution in [1.29, 1.82) is 0 Å². The normalized spacial score (nSPS) is 15.9. The highest BCUT2D eigenvalue weighted by Crippen LogP contribution is 2.43. The molecule has 36 heavy (non-hydrogen) atoms. The molecule has 1 atom stereocenters. The summed E-state index contributed by atoms with van der Waals surface area (Å²) in [5.74, 6) is 0. The SMILES string of the molecule is CCCCCCCC/C=C\CCCCCCCCCCCCOP(=O)(O)OCCC[N+]1=CCCCC1. The van der Waals surface area contributed by atoms with Crippen LogP contribution in [0.2, 0.25) is 0 Å². The van der Waals surface area contributed by atoms with Gasteiger partial charge in [-0.1, -0.05) is 103 Å². The van der Waals surface area contributed by atoms with Crippen molar-refractivity contribution in [3.63, 3.8) is 0 Å². The maximum absolute atomic E-state index is 12.0. The molecular formula is C30H59NO4P+. The van der Waals surface area contributed by atoms with Crippen LogP contribution in [-0.4, -0.2) is 42.0 Å². The Hall–Kier alpha value is -0.480. The highest BCUT2D eigenvalue weighted by atomic mass is 31.2. The molecule has 0 saturated heterocycles. The first-order chi connectivity index (χ1) is 17.6. The molecule has 0 amide bonds. The molecule has 1 aliphatic rings. The van der Waals surface area contributed by atoms with Crippen LogP contribution in [0.5, 0.6) is 0 Å². The molecule has 212 valence electrons. The van der Waals surface area contributed by atoms with Crippen molar-refractivity contribution in [2.75, 3.05) is 26.3 Å². The van der Waals surface area contributed by atoms with Crippen molar-refractivity contribution in [2.24, 2.45) is 0 Å². The molecule has 0 fully saturated rings. The van der Waals surface area contributed by atoms with Crippen molar-refractivity contribution >= 4 is 14.0 Å². The highest BCUT2D eigenvalue weighted by Gasteiger charge is 2.20. The molecule has 0 spiro atoms. The Morgan fingerprint density at radius 3 is 1.75 bits per heavy atom. The molecular weight excluding hydrogens is 469 g/mol. The van der Waals surface area contributed by atoms with Crippen LogP contribution in [0.4, 0.5) is 0 Å². The summed E-state index contributed by atoms with van der Waals surface area (Å²) < 4.78 is 24.5. The molecule has 1 rings (SSSR count). The summed E-state index contributed by atoms with van der Waals surface area (Å²) in [6.07, 6.45) is 34.6. The van der Waals surface area contributed by atoms with Crippen molar-refractivity contribution < 1.29 is 23.1 Å². The van der Waals surface area contributed by atoms with Gasteiger partial charge < -0.3 is 4.89 Å². The first kappa shape index (κ1) is 33.5. The van der Waals surface area contributed by atoms with E-state index in [4.69, 9.17) is 9.05 Å². The first-order valence-corrected chi connectivity index (χ1v) is 17.0. The average molecular weight is 529 g/mol. The molecule has 6 heteroatoms. The number of nitrogens with zero attached hydrogens (tertiary/aromatic N) is 1. The minimum absolute atomic E-state index is 0.272. The van der Waals surface area contributed by atoms with Gasteiger partial charge in [0.05, 0.1) is 13.2 Å². The van der Waals surface area contributed by atoms with E-state index in [1.165, 1.54) is 116 Å². The second-order valence-corrected chi connectivity index (χ2v) is 12.0. The molecule has 0 aliphatic carbocycles. The Morgan fingerprint density at radius 2 is 1.22 bits per heavy atom. The van der Waals surface area contributed by atoms with E-state index in [1.54, 1.807) is 0 Å². The van der Waals surface area contributed by atoms with Crippen molar-refractivity contribution in [3.8, 4) is 0 Å². The lowest BCUT2D eigenvalue weighted by Crippen LogP contribution is -2.20. The third-order valence-corrected chi connectivity index (χ3v) is 8.06. The van der Waals surface area contributed by atoms with Crippen LogP contribution in [0, 0.1) is 0 Å². The van der Waals surface area contributed by atoms with Gasteiger partial charge in [-0.3, -0.25) is 9.05 Å². The van der Waals surface area contributed by atoms with Crippen LogP contribution in [0.1, 0.15) is 148 Å². The number of allylic oxidation sites excluding steroid dienone is 2. The maximum atomic E-state index is 12.0. The van der Waals surface area contributed by atoms with E-state index in [1.807, 2.05) is 0 Å². The zero-order valence-electron chi connectivity index (χ0n) is 23.7. The molecule has 5 nitrogen and oxygen atoms in total. The van der Waals surface area contributed by atoms with Crippen molar-refractivity contribution in [3.05, 3.63) is 12.2 Å². The summed E-state index contributed by atoms with van der Waals surface area (Å²) in [5.41, 5.74) is 0. The van der Waals surface area contributed by atoms with Gasteiger partial charge in [0.1, 0.15) is 19.3 Å². The quantitative estimate of drug-likeness (QED) is 0.0526. The summed E-state index contributed by atoms with van der Waals surface area (Å²) in [4.78, 5) is 9.80. The van der Waals surface area contributed by atoms with E-state index < -0.39 is 7.82 Å². The van der Waals surface area contributed by atoms with E-state index in [9.17, 15) is 9.46 Å². The topological polar surface area (TPSA) is 58.8 Å². The van der Waals surface area contributed by atoms with Gasteiger partial charge in [-0.05, 0) is 38.5 Å². The monoisotopic (exact) mass is 528 g/mol. The number of unbranched alkanes of at least 4 members (excludes halogenated alkanes) is 16. The summed E-state index contributed by atoms with van der Waals surface area (Å²) in [5, 5.41) is 0. The molecule has 1 N–H and O–H groups in total. The Morgan fingerprint density at radius 1 is 0.722 bits per heavy atom. The van der Waals surface area contributed by atoms with Gasteiger partial charge in [-0.2, -0.15) is 0 Å². The minimum Gasteiger partial charge on any atom is -0.302 e. The highest BCUT2D eigenvalue weighted by molar-refractivity contribution is 7.47. The molecule has 1 aliphatic heterocycles. The van der Waals surface area contributed by atoms with Crippen molar-refractivity contribution in [2.45, 2.75) is 148 Å². The molecule has 1 unspecified atom stereocenters. The molecule has 0 aromatic rings. The molecule has 1 heterocycles. The van der Waals surface area contributed by atoms with E-state index >= 15 is 0 Å². The number of phosphoric acid groups is 1. The molecule has 0 aromatic carbocycles. The predicted molar refractivity (Wildman–Crippen MR) is 154 cm³/mol. The van der Waals surface area contributed by atoms with Gasteiger partial charge in [-0.25, -0.2) is 9.14 Å². The Kier molecular flexibility index (Phi) is 23.1. The standard InChI is InChI=1S/C30H58NO4P/c1-2-3-4-5-6-7-8-9-10-11-12-13-14-15-16-17-18-19-20-24-29-34-36(32,33)35-30-25-28-31-26-22-21-23-27-31/h9-10,26H,2-8,11-25,27-30H2,1H3/p+1/b10-9-. The summed E-state index contributed by atoms with van der Waals surface area (Å²) in [7, 11) is -3.89. The Labute approximate surface area is 223 Å². The van der Waals surface area contributed by atoms with Crippen LogP contribution in [0.25, 0.3) is 0 Å². The number of hydrogen-bond donors (Lipinski definition) is 1. The lowest BCUT2D eigenvalue weighted by Gasteiger charge is -2.12. The fourth-order valence-corrected chi connectivity index (χ4v) is 5.54. The second kappa shape index (κ2) is 24.8. The van der Waals surface area contributed by atoms with Gasteiger partial charge in [-0.15, -0.1) is 0 Å². The van der Waals surface area contributed by atoms with E-state index in [0.29, 0.717) is 6.61 Å². The fourth-order valence-electron chi connectivity index (χ4n) is 4.75. The van der Waals surface area contributed by atoms with E-state index in [2.05, 4.69) is 29.9 Å². The van der Waals surface area contributed by atoms with Gasteiger partial charge in [0.15, 0.2) is 0 Å². The van der Waals surface area contributed by atoms with Crippen molar-refractivity contribution in [1.82, 2.24) is 0 Å². The number of rotatable bonds is 26. The average Bonchev–Trinajstić information content (AvgIpc) is 2.88. The third kappa shape index (κ3) is 22.7. The molecule has 0 saturated carbocycles. The largest absolute Gasteiger partial charge is 0.472 e. The molecule has 0 radical (unpaired) electrons. The van der Waals surface area contributed by atoms with Gasteiger partial charge in [0.2, 0.25) is 0 Å². The fraction of sp³-hybridized carbons (Fsp3) is 0.900. The molecule has 0 aromatic heterocycles. The maximum Gasteiger partial charge on any atom is 0.472 e. The van der Waals surface area contributed by atoms with Crippen LogP contribution in [0.15, 0.2) is 12.2 Å². The number of phosphoric ester groups is 1. The first-order valence-electron chi connectivity index (χ1n) is 15.5. The summed E-state index contributed by atoms with van der Waals surface area (Å²) in [6, 6.07) is 0. The lowest BCUT2D eigenvalue weighted by molar-refractivity contribution is -0.529. The smallest absolute Gasteiger partial charge is 0.302 e. The second-order valence-electron chi connectivity index (χ2n) is 10.6. The van der Waals surface area contributed by atoms with Crippen LogP contribution in [0.3, 0.4) is 0 Å². The predicted octanol–water partition coefficient (Wildman–Crippen LogP) is 9.38. The summed E-state index contributed by atoms with van der Waals surface area (Å²) in [6.45, 7) is 4.83. The van der Waals surface area contributed by atoms with E-state index in [-0.39, 0.29) is 6.61 Å². The third-order valence-electron chi connectivity index (χ3n) is 7.04. The van der Waals surface area contributed by atoms with Gasteiger partial charge >= 0.3 is 7.82 Å². The van der Waals surface area contributed by atoms with E-state index in [0.717, 1.165) is 38.8 Å². The van der Waals surface area contributed by atoms with Crippen LogP contribution < -0.4 is 0 Å². The summed E-state index contributed by atoms with van der Waals surface area (Å²) >= 11 is 0. The van der Waals surface area contributed by atoms with Crippen LogP contribution in [-0.2, 0) is 13.6 Å². The Balaban J connectivity index is 1.77. The van der Waals surface area contributed by atoms with Gasteiger partial charge in [0, 0.05) is 19.3 Å². The minimum atomic E-state index is -3.89. The zero-order valence-corrected chi connectivity index (χ0v) is 24.6. The Bertz CT molecular complexity index is 593. The number of hydrogen-bond acceptors (Lipinski definition) is 3. The lowest BCUT2D eigenvalue weighted by atomic mass is 10.1. The molecule has 0 bridgehead atoms.